The number of hydrogen-bond acceptors (Lipinski definition) is 25. The number of benzene rings is 6. The summed E-state index contributed by atoms with van der Waals surface area (Å²) in [7, 11) is 0. The predicted molar refractivity (Wildman–Crippen MR) is 482 cm³/mol. The lowest BCUT2D eigenvalue weighted by atomic mass is 10.0. The van der Waals surface area contributed by atoms with Gasteiger partial charge in [-0.25, -0.2) is 24.0 Å². The maximum atomic E-state index is 12.7. The zero-order valence-electron chi connectivity index (χ0n) is 75.6. The van der Waals surface area contributed by atoms with E-state index in [1.165, 1.54) is 112 Å². The van der Waals surface area contributed by atoms with Crippen LogP contribution in [0.15, 0.2) is 156 Å². The molecule has 6 unspecified atom stereocenters. The standard InChI is InChI=1S/C23H31NO5.C23H29NO5.C22H19NO5.C17H17NO5.C16H15NO5/c2*1-5-18(25)14-29-23(28)17-9-10-19-20(13-17)22(27)24(21(19)26)12-11-16(4)8-6-7-15(2)3;1-2-17(24)14-28-22(27)16-10-11-18-19(13-16)21(26)23(20(18)25)12-6-9-15-7-4-3-5-8-15;1-3-5-8-18-15(20)13-7-6-11(9-14(13)16(18)21)17(22)23-10-12(19)4-2;1-3-7-17-14(19)12-6-5-10(8-13(12)15(17)20)16(21)22-9-11(18)4-2/h7,9-10,13,16,18,25H,5-6,8,11-12,14H2,1-4H3;7,9-11,13,18,25H,5-6,8,12,14H2,1-4H3;3-5,7-8,10-11,13,17,24H,2,12,14H2,1H3;6-7,9,12,19H,4,8,10H2,1-2H3;1,5-6,8,11,18H,4,7,9H2,2H3/b;16-11-;;;. The van der Waals surface area contributed by atoms with Gasteiger partial charge in [0.2, 0.25) is 0 Å². The molecule has 6 aromatic carbocycles. The fourth-order valence-corrected chi connectivity index (χ4v) is 12.8. The van der Waals surface area contributed by atoms with Gasteiger partial charge >= 0.3 is 29.8 Å². The van der Waals surface area contributed by atoms with Gasteiger partial charge in [-0.3, -0.25) is 72.4 Å². The van der Waals surface area contributed by atoms with Crippen LogP contribution in [-0.2, 0) is 23.7 Å². The van der Waals surface area contributed by atoms with Gasteiger partial charge in [0, 0.05) is 18.7 Å². The highest BCUT2D eigenvalue weighted by Crippen LogP contribution is 2.31. The molecule has 11 rings (SSSR count). The van der Waals surface area contributed by atoms with Crippen LogP contribution in [0.25, 0.3) is 0 Å². The Balaban J connectivity index is 0.000000225. The van der Waals surface area contributed by atoms with E-state index in [0.29, 0.717) is 50.1 Å². The average molecular weight is 1800 g/mol. The number of fused-ring (bicyclic) bond motifs is 5. The Hall–Kier alpha value is -13.9. The lowest BCUT2D eigenvalue weighted by Gasteiger charge is -2.17. The fourth-order valence-electron chi connectivity index (χ4n) is 12.8. The van der Waals surface area contributed by atoms with E-state index < -0.39 is 102 Å². The number of carbonyl (C=O) groups is 15. The second kappa shape index (κ2) is 50.7. The number of amides is 10. The van der Waals surface area contributed by atoms with Gasteiger partial charge in [0.05, 0.1) is 134 Å². The molecule has 131 heavy (non-hydrogen) atoms. The third-order valence-electron chi connectivity index (χ3n) is 21.1. The van der Waals surface area contributed by atoms with Gasteiger partial charge in [-0.15, -0.1) is 12.3 Å². The van der Waals surface area contributed by atoms with E-state index in [0.717, 1.165) is 57.9 Å². The summed E-state index contributed by atoms with van der Waals surface area (Å²) in [4.78, 5) is 190. The Morgan fingerprint density at radius 3 is 0.977 bits per heavy atom. The van der Waals surface area contributed by atoms with Crippen LogP contribution in [-0.4, -0.2) is 235 Å². The molecule has 0 saturated carbocycles. The quantitative estimate of drug-likeness (QED) is 0.00823. The summed E-state index contributed by atoms with van der Waals surface area (Å²) in [5, 5.41) is 47.3. The number of imide groups is 5. The van der Waals surface area contributed by atoms with Crippen LogP contribution < -0.4 is 0 Å². The maximum Gasteiger partial charge on any atom is 0.338 e. The summed E-state index contributed by atoms with van der Waals surface area (Å²) < 4.78 is 25.1. The van der Waals surface area contributed by atoms with E-state index in [2.05, 4.69) is 62.5 Å². The second-order valence-electron chi connectivity index (χ2n) is 31.6. The van der Waals surface area contributed by atoms with Crippen LogP contribution in [0.1, 0.15) is 308 Å². The minimum atomic E-state index is -0.736. The Kier molecular flexibility index (Phi) is 40.3. The number of esters is 5. The first kappa shape index (κ1) is 104. The van der Waals surface area contributed by atoms with E-state index in [4.69, 9.17) is 30.1 Å². The minimum absolute atomic E-state index is 0.0192. The second-order valence-corrected chi connectivity index (χ2v) is 31.6. The smallest absolute Gasteiger partial charge is 0.338 e. The minimum Gasteiger partial charge on any atom is -0.459 e. The first-order valence-corrected chi connectivity index (χ1v) is 43.0. The van der Waals surface area contributed by atoms with Crippen LogP contribution >= 0.6 is 0 Å². The number of rotatable bonds is 34. The molecule has 5 aliphatic heterocycles. The number of aliphatic hydroxyl groups excluding tert-OH is 5. The van der Waals surface area contributed by atoms with E-state index in [-0.39, 0.29) is 155 Å². The normalized spacial score (nSPS) is 14.4. The van der Waals surface area contributed by atoms with Gasteiger partial charge in [-0.05, 0) is 215 Å². The first-order chi connectivity index (χ1) is 62.5. The first-order valence-electron chi connectivity index (χ1n) is 43.0. The van der Waals surface area contributed by atoms with Crippen molar-refractivity contribution in [1.29, 1.82) is 0 Å². The highest BCUT2D eigenvalue weighted by molar-refractivity contribution is 6.25. The molecule has 0 saturated heterocycles. The molecular formula is C101H111N5O25. The van der Waals surface area contributed by atoms with Gasteiger partial charge in [-0.2, -0.15) is 0 Å². The molecule has 6 atom stereocenters. The van der Waals surface area contributed by atoms with Crippen LogP contribution in [0, 0.1) is 41.9 Å². The van der Waals surface area contributed by atoms with Crippen LogP contribution in [0.3, 0.4) is 0 Å². The molecule has 0 aliphatic carbocycles. The number of nitrogens with zero attached hydrogens (tertiary/aromatic N) is 5. The Labute approximate surface area is 761 Å². The molecule has 10 amide bonds. The molecule has 0 aromatic heterocycles. The monoisotopic (exact) mass is 1790 g/mol. The number of allylic oxidation sites excluding steroid dienone is 5. The van der Waals surface area contributed by atoms with E-state index in [1.54, 1.807) is 41.5 Å². The van der Waals surface area contributed by atoms with E-state index in [9.17, 15) is 97.5 Å². The number of ether oxygens (including phenoxy) is 5. The summed E-state index contributed by atoms with van der Waals surface area (Å²) in [6.07, 6.45) is 14.6. The van der Waals surface area contributed by atoms with Gasteiger partial charge in [0.1, 0.15) is 33.0 Å². The molecule has 5 heterocycles. The SMILES string of the molecule is C#CCN1C(=O)c2ccc(C(=O)OCC(O)CC)cc2C1=O.CC#CCN1C(=O)c2ccc(C(=O)OCC(O)CC)cc2C1=O.CCC(O)COC(=O)c1ccc2c(c1)C(=O)N(C/C=C(/C)CCC=C(C)C)C2=O.CCC(O)COC(=O)c1ccc2c(c1)C(=O)N(CC#Cc1ccccc1)C2=O.CCC(O)COC(=O)c1ccc2c(c1)C(=O)N(CCC(C)CCC=C(C)C)C2=O. The molecule has 30 heteroatoms. The summed E-state index contributed by atoms with van der Waals surface area (Å²) in [5.41, 5.74) is 7.48. The molecule has 5 aliphatic rings. The molecule has 690 valence electrons. The van der Waals surface area contributed by atoms with Gasteiger partial charge in [0.15, 0.2) is 0 Å². The molecular weight excluding hydrogens is 1680 g/mol. The Bertz CT molecular complexity index is 5570. The van der Waals surface area contributed by atoms with Crippen molar-refractivity contribution in [2.45, 2.75) is 178 Å². The number of hydrogen-bond donors (Lipinski definition) is 5. The summed E-state index contributed by atoms with van der Waals surface area (Å²) in [6, 6.07) is 30.5. The van der Waals surface area contributed by atoms with Crippen molar-refractivity contribution in [2.24, 2.45) is 5.92 Å². The van der Waals surface area contributed by atoms with Crippen molar-refractivity contribution < 1.29 is 121 Å². The van der Waals surface area contributed by atoms with Gasteiger partial charge < -0.3 is 49.2 Å². The van der Waals surface area contributed by atoms with E-state index >= 15 is 0 Å². The predicted octanol–water partition coefficient (Wildman–Crippen LogP) is 12.2. The highest BCUT2D eigenvalue weighted by atomic mass is 16.6. The molecule has 5 N–H and O–H groups in total. The van der Waals surface area contributed by atoms with Crippen LogP contribution in [0.4, 0.5) is 0 Å². The highest BCUT2D eigenvalue weighted by Gasteiger charge is 2.41. The van der Waals surface area contributed by atoms with Crippen molar-refractivity contribution in [3.63, 3.8) is 0 Å². The lowest BCUT2D eigenvalue weighted by Crippen LogP contribution is -2.31. The van der Waals surface area contributed by atoms with E-state index in [1.807, 2.05) is 57.2 Å². The third-order valence-corrected chi connectivity index (χ3v) is 21.1. The van der Waals surface area contributed by atoms with Crippen molar-refractivity contribution in [1.82, 2.24) is 24.5 Å². The lowest BCUT2D eigenvalue weighted by molar-refractivity contribution is 0.0246. The molecule has 0 spiro atoms. The zero-order valence-corrected chi connectivity index (χ0v) is 75.6. The summed E-state index contributed by atoms with van der Waals surface area (Å²) in [5.74, 6) is 6.18. The van der Waals surface area contributed by atoms with Crippen LogP contribution in [0.5, 0.6) is 0 Å². The molecule has 6 aromatic rings. The van der Waals surface area contributed by atoms with Crippen LogP contribution in [0.2, 0.25) is 0 Å². The van der Waals surface area contributed by atoms with Crippen molar-refractivity contribution in [3.8, 4) is 36.0 Å². The Morgan fingerprint density at radius 1 is 0.366 bits per heavy atom. The largest absolute Gasteiger partial charge is 0.459 e. The number of carbonyl (C=O) groups excluding carboxylic acids is 15. The summed E-state index contributed by atoms with van der Waals surface area (Å²) >= 11 is 0. The molecule has 0 bridgehead atoms. The third kappa shape index (κ3) is 28.8. The van der Waals surface area contributed by atoms with Gasteiger partial charge in [0.25, 0.3) is 59.1 Å². The fraction of sp³-hybridized carbons (Fsp3) is 0.376. The summed E-state index contributed by atoms with van der Waals surface area (Å²) in [6.45, 7) is 22.7. The topological polar surface area (TPSA) is 420 Å². The Morgan fingerprint density at radius 2 is 0.656 bits per heavy atom. The number of aliphatic hydroxyl groups is 5. The van der Waals surface area contributed by atoms with Gasteiger partial charge in [-0.1, -0.05) is 118 Å². The molecule has 0 fully saturated rings. The van der Waals surface area contributed by atoms with Crippen molar-refractivity contribution >= 4 is 88.9 Å². The van der Waals surface area contributed by atoms with Crippen molar-refractivity contribution in [3.05, 3.63) is 245 Å². The molecule has 30 nitrogen and oxygen atoms in total. The van der Waals surface area contributed by atoms with Crippen molar-refractivity contribution in [2.75, 3.05) is 65.8 Å². The number of terminal acetylenes is 1. The zero-order chi connectivity index (χ0) is 96.5. The average Bonchev–Trinajstić information content (AvgIpc) is 1.65. The molecule has 0 radical (unpaired) electrons. The maximum absolute atomic E-state index is 12.7.